The topological polar surface area (TPSA) is 86.6 Å². The molecule has 0 saturated carbocycles. The number of amides is 1. The average Bonchev–Trinajstić information content (AvgIpc) is 2.04. The lowest BCUT2D eigenvalue weighted by Gasteiger charge is -2.03. The minimum Gasteiger partial charge on any atom is -0.508 e. The fourth-order valence-corrected chi connectivity index (χ4v) is 0.902. The molecule has 5 heteroatoms. The number of phenolic OH excluding ortho intramolecular Hbond substituents is 1. The van der Waals surface area contributed by atoms with Gasteiger partial charge in [-0.1, -0.05) is 0 Å². The average molecular weight is 181 g/mol. The SMILES string of the molecule is O=CNc1cc(O)ccc1C(=O)O. The normalized spacial score (nSPS) is 9.23. The largest absolute Gasteiger partial charge is 0.508 e. The van der Waals surface area contributed by atoms with Crippen LogP contribution in [0.3, 0.4) is 0 Å². The molecule has 13 heavy (non-hydrogen) atoms. The maximum Gasteiger partial charge on any atom is 0.337 e. The van der Waals surface area contributed by atoms with Crippen molar-refractivity contribution in [2.45, 2.75) is 0 Å². The molecule has 1 aromatic carbocycles. The summed E-state index contributed by atoms with van der Waals surface area (Å²) in [5, 5.41) is 19.8. The Balaban J connectivity index is 3.17. The standard InChI is InChI=1S/C8H7NO4/c10-4-9-7-3-5(11)1-2-6(7)8(12)13/h1-4,11H,(H,9,10)(H,12,13). The van der Waals surface area contributed by atoms with Gasteiger partial charge in [0.05, 0.1) is 11.3 Å². The van der Waals surface area contributed by atoms with Crippen LogP contribution in [0, 0.1) is 0 Å². The van der Waals surface area contributed by atoms with E-state index < -0.39 is 5.97 Å². The molecule has 0 unspecified atom stereocenters. The second-order valence-electron chi connectivity index (χ2n) is 2.30. The molecule has 0 heterocycles. The van der Waals surface area contributed by atoms with Crippen LogP contribution in [0.15, 0.2) is 18.2 Å². The van der Waals surface area contributed by atoms with Gasteiger partial charge >= 0.3 is 5.97 Å². The van der Waals surface area contributed by atoms with Gasteiger partial charge in [0.2, 0.25) is 6.41 Å². The van der Waals surface area contributed by atoms with Crippen molar-refractivity contribution in [3.63, 3.8) is 0 Å². The summed E-state index contributed by atoms with van der Waals surface area (Å²) in [4.78, 5) is 20.6. The molecule has 0 aliphatic carbocycles. The smallest absolute Gasteiger partial charge is 0.337 e. The van der Waals surface area contributed by atoms with Crippen LogP contribution in [0.2, 0.25) is 0 Å². The summed E-state index contributed by atoms with van der Waals surface area (Å²) in [7, 11) is 0. The molecular formula is C8H7NO4. The van der Waals surface area contributed by atoms with Gasteiger partial charge in [-0.2, -0.15) is 0 Å². The van der Waals surface area contributed by atoms with Crippen LogP contribution in [-0.4, -0.2) is 22.6 Å². The van der Waals surface area contributed by atoms with Crippen LogP contribution in [0.4, 0.5) is 5.69 Å². The van der Waals surface area contributed by atoms with E-state index in [1.54, 1.807) is 0 Å². The zero-order valence-corrected chi connectivity index (χ0v) is 6.52. The number of carboxylic acids is 1. The summed E-state index contributed by atoms with van der Waals surface area (Å²) in [6.07, 6.45) is 0.348. The third-order valence-electron chi connectivity index (χ3n) is 1.45. The van der Waals surface area contributed by atoms with E-state index in [1.807, 2.05) is 0 Å². The van der Waals surface area contributed by atoms with Gasteiger partial charge in [-0.15, -0.1) is 0 Å². The van der Waals surface area contributed by atoms with Crippen LogP contribution < -0.4 is 5.32 Å². The van der Waals surface area contributed by atoms with Gasteiger partial charge in [0, 0.05) is 6.07 Å². The van der Waals surface area contributed by atoms with Crippen LogP contribution >= 0.6 is 0 Å². The second kappa shape index (κ2) is 3.57. The van der Waals surface area contributed by atoms with Crippen molar-refractivity contribution >= 4 is 18.1 Å². The van der Waals surface area contributed by atoms with Gasteiger partial charge in [0.15, 0.2) is 0 Å². The number of benzene rings is 1. The van der Waals surface area contributed by atoms with E-state index in [2.05, 4.69) is 5.32 Å². The van der Waals surface area contributed by atoms with Gasteiger partial charge in [0.25, 0.3) is 0 Å². The fraction of sp³-hybridized carbons (Fsp3) is 0. The van der Waals surface area contributed by atoms with Crippen molar-refractivity contribution in [1.82, 2.24) is 0 Å². The molecule has 3 N–H and O–H groups in total. The Kier molecular flexibility index (Phi) is 2.49. The first-order valence-corrected chi connectivity index (χ1v) is 3.41. The molecule has 0 aromatic heterocycles. The summed E-state index contributed by atoms with van der Waals surface area (Å²) in [5.41, 5.74) is 0.00685. The monoisotopic (exact) mass is 181 g/mol. The Morgan fingerprint density at radius 3 is 2.69 bits per heavy atom. The predicted molar refractivity (Wildman–Crippen MR) is 44.8 cm³/mol. The van der Waals surface area contributed by atoms with Gasteiger partial charge < -0.3 is 15.5 Å². The van der Waals surface area contributed by atoms with Gasteiger partial charge in [-0.3, -0.25) is 4.79 Å². The number of hydrogen-bond acceptors (Lipinski definition) is 3. The number of hydrogen-bond donors (Lipinski definition) is 3. The van der Waals surface area contributed by atoms with Crippen molar-refractivity contribution in [3.8, 4) is 5.75 Å². The van der Waals surface area contributed by atoms with Crippen LogP contribution in [0.5, 0.6) is 5.75 Å². The highest BCUT2D eigenvalue weighted by Crippen LogP contribution is 2.20. The number of carboxylic acid groups (broad SMARTS) is 1. The molecule has 1 amide bonds. The van der Waals surface area contributed by atoms with Crippen LogP contribution in [-0.2, 0) is 4.79 Å². The molecule has 0 radical (unpaired) electrons. The number of carbonyl (C=O) groups is 2. The van der Waals surface area contributed by atoms with E-state index in [0.29, 0.717) is 6.41 Å². The Bertz CT molecular complexity index is 348. The lowest BCUT2D eigenvalue weighted by molar-refractivity contribution is -0.105. The molecule has 5 nitrogen and oxygen atoms in total. The van der Waals surface area contributed by atoms with E-state index in [0.717, 1.165) is 6.07 Å². The Labute approximate surface area is 73.6 Å². The van der Waals surface area contributed by atoms with Gasteiger partial charge in [0.1, 0.15) is 5.75 Å². The highest BCUT2D eigenvalue weighted by Gasteiger charge is 2.09. The summed E-state index contributed by atoms with van der Waals surface area (Å²) in [6, 6.07) is 3.61. The van der Waals surface area contributed by atoms with E-state index in [1.165, 1.54) is 12.1 Å². The highest BCUT2D eigenvalue weighted by molar-refractivity contribution is 5.96. The zero-order chi connectivity index (χ0) is 9.84. The van der Waals surface area contributed by atoms with Crippen molar-refractivity contribution in [3.05, 3.63) is 23.8 Å². The minimum atomic E-state index is -1.16. The first kappa shape index (κ1) is 9.05. The van der Waals surface area contributed by atoms with Crippen molar-refractivity contribution in [1.29, 1.82) is 0 Å². The minimum absolute atomic E-state index is 0.0649. The molecule has 0 aliphatic rings. The van der Waals surface area contributed by atoms with Gasteiger partial charge in [-0.05, 0) is 12.1 Å². The number of nitrogens with one attached hydrogen (secondary N) is 1. The summed E-state index contributed by atoms with van der Waals surface area (Å²) in [6.45, 7) is 0. The number of phenols is 1. The van der Waals surface area contributed by atoms with E-state index >= 15 is 0 Å². The van der Waals surface area contributed by atoms with Crippen LogP contribution in [0.25, 0.3) is 0 Å². The van der Waals surface area contributed by atoms with Gasteiger partial charge in [-0.25, -0.2) is 4.79 Å². The number of aromatic carboxylic acids is 1. The molecule has 0 saturated heterocycles. The van der Waals surface area contributed by atoms with E-state index in [9.17, 15) is 9.59 Å². The van der Waals surface area contributed by atoms with Crippen molar-refractivity contribution in [2.75, 3.05) is 5.32 Å². The van der Waals surface area contributed by atoms with Crippen molar-refractivity contribution < 1.29 is 19.8 Å². The summed E-state index contributed by atoms with van der Waals surface area (Å²) in [5.74, 6) is -1.27. The third-order valence-corrected chi connectivity index (χ3v) is 1.45. The van der Waals surface area contributed by atoms with Crippen molar-refractivity contribution in [2.24, 2.45) is 0 Å². The highest BCUT2D eigenvalue weighted by atomic mass is 16.4. The third kappa shape index (κ3) is 1.96. The Hall–Kier alpha value is -2.04. The number of aromatic hydroxyl groups is 1. The predicted octanol–water partition coefficient (Wildman–Crippen LogP) is 0.659. The molecule has 1 rings (SSSR count). The lowest BCUT2D eigenvalue weighted by atomic mass is 10.1. The maximum absolute atomic E-state index is 10.6. The quantitative estimate of drug-likeness (QED) is 0.598. The number of rotatable bonds is 3. The van der Waals surface area contributed by atoms with Crippen LogP contribution in [0.1, 0.15) is 10.4 Å². The molecule has 0 aliphatic heterocycles. The molecule has 68 valence electrons. The first-order valence-electron chi connectivity index (χ1n) is 3.41. The van der Waals surface area contributed by atoms with E-state index in [-0.39, 0.29) is 17.0 Å². The lowest BCUT2D eigenvalue weighted by Crippen LogP contribution is -2.03. The fourth-order valence-electron chi connectivity index (χ4n) is 0.902. The molecule has 0 atom stereocenters. The first-order chi connectivity index (χ1) is 6.15. The number of anilines is 1. The Morgan fingerprint density at radius 2 is 2.15 bits per heavy atom. The molecule has 0 spiro atoms. The summed E-state index contributed by atoms with van der Waals surface area (Å²) < 4.78 is 0. The molecule has 0 fully saturated rings. The van der Waals surface area contributed by atoms with E-state index in [4.69, 9.17) is 10.2 Å². The molecule has 1 aromatic rings. The Morgan fingerprint density at radius 1 is 1.46 bits per heavy atom. The zero-order valence-electron chi connectivity index (χ0n) is 6.52. The second-order valence-corrected chi connectivity index (χ2v) is 2.30. The summed E-state index contributed by atoms with van der Waals surface area (Å²) >= 11 is 0. The molecule has 0 bridgehead atoms. The maximum atomic E-state index is 10.6. The number of carbonyl (C=O) groups excluding carboxylic acids is 1. The molecular weight excluding hydrogens is 174 g/mol.